The van der Waals surface area contributed by atoms with Gasteiger partial charge in [0.15, 0.2) is 11.5 Å². The van der Waals surface area contributed by atoms with Gasteiger partial charge in [0.1, 0.15) is 0 Å². The van der Waals surface area contributed by atoms with Crippen LogP contribution in [0.5, 0.6) is 11.5 Å². The summed E-state index contributed by atoms with van der Waals surface area (Å²) < 4.78 is 15.5. The van der Waals surface area contributed by atoms with E-state index in [-0.39, 0.29) is 6.02 Å². The maximum atomic E-state index is 7.27. The predicted molar refractivity (Wildman–Crippen MR) is 66.0 cm³/mol. The fraction of sp³-hybridized carbons (Fsp3) is 0.417. The molecule has 0 bridgehead atoms. The predicted octanol–water partition coefficient (Wildman–Crippen LogP) is 1.42. The lowest BCUT2D eigenvalue weighted by Crippen LogP contribution is -2.21. The third-order valence-electron chi connectivity index (χ3n) is 2.31. The highest BCUT2D eigenvalue weighted by Crippen LogP contribution is 2.27. The number of hydrogen-bond donors (Lipinski definition) is 2. The Morgan fingerprint density at radius 1 is 1.24 bits per heavy atom. The van der Waals surface area contributed by atoms with Gasteiger partial charge in [-0.1, -0.05) is 6.07 Å². The first-order valence-corrected chi connectivity index (χ1v) is 5.31. The molecular formula is C12H18N2O3. The Hall–Kier alpha value is -1.91. The fourth-order valence-corrected chi connectivity index (χ4v) is 1.38. The number of rotatable bonds is 5. The van der Waals surface area contributed by atoms with Crippen LogP contribution in [0.15, 0.2) is 18.2 Å². The van der Waals surface area contributed by atoms with E-state index in [0.717, 1.165) is 5.56 Å². The summed E-state index contributed by atoms with van der Waals surface area (Å²) in [5, 5.41) is 9.88. The summed E-state index contributed by atoms with van der Waals surface area (Å²) in [5.41, 5.74) is 1.08. The molecule has 0 aromatic heterocycles. The Bertz CT molecular complexity index is 380. The van der Waals surface area contributed by atoms with Crippen molar-refractivity contribution in [3.05, 3.63) is 23.8 Å². The minimum absolute atomic E-state index is 0.0745. The third kappa shape index (κ3) is 3.86. The molecule has 0 radical (unpaired) electrons. The van der Waals surface area contributed by atoms with Crippen molar-refractivity contribution < 1.29 is 14.2 Å². The van der Waals surface area contributed by atoms with E-state index < -0.39 is 0 Å². The Morgan fingerprint density at radius 2 is 1.94 bits per heavy atom. The van der Waals surface area contributed by atoms with Gasteiger partial charge in [-0.05, 0) is 17.7 Å². The standard InChI is InChI=1S/C12H18N2O3/c1-14-12(13)17-7-6-9-4-5-10(15-2)11(8-9)16-3/h4-5,8H,6-7H2,1-3H3,(H2,13,14). The van der Waals surface area contributed by atoms with Crippen LogP contribution in [0, 0.1) is 5.41 Å². The molecule has 0 fully saturated rings. The first-order valence-electron chi connectivity index (χ1n) is 5.31. The largest absolute Gasteiger partial charge is 0.493 e. The second-order valence-electron chi connectivity index (χ2n) is 3.37. The molecule has 0 saturated carbocycles. The van der Waals surface area contributed by atoms with E-state index in [2.05, 4.69) is 5.32 Å². The number of amidine groups is 1. The summed E-state index contributed by atoms with van der Waals surface area (Å²) in [7, 11) is 4.86. The average Bonchev–Trinajstić information content (AvgIpc) is 2.38. The van der Waals surface area contributed by atoms with Crippen LogP contribution in [-0.4, -0.2) is 33.9 Å². The van der Waals surface area contributed by atoms with Gasteiger partial charge in [-0.15, -0.1) is 0 Å². The highest BCUT2D eigenvalue weighted by atomic mass is 16.5. The lowest BCUT2D eigenvalue weighted by atomic mass is 10.1. The van der Waals surface area contributed by atoms with Crippen LogP contribution < -0.4 is 14.8 Å². The van der Waals surface area contributed by atoms with E-state index in [0.29, 0.717) is 24.5 Å². The molecule has 0 aliphatic carbocycles. The van der Waals surface area contributed by atoms with Crippen molar-refractivity contribution in [1.82, 2.24) is 5.32 Å². The first kappa shape index (κ1) is 13.2. The highest BCUT2D eigenvalue weighted by Gasteiger charge is 2.04. The molecule has 2 N–H and O–H groups in total. The van der Waals surface area contributed by atoms with Crippen molar-refractivity contribution in [2.24, 2.45) is 0 Å². The molecule has 0 amide bonds. The summed E-state index contributed by atoms with van der Waals surface area (Å²) in [6, 6.07) is 5.79. The van der Waals surface area contributed by atoms with Gasteiger partial charge < -0.3 is 19.5 Å². The number of benzene rings is 1. The maximum absolute atomic E-state index is 7.27. The number of ether oxygens (including phenoxy) is 3. The van der Waals surface area contributed by atoms with Crippen molar-refractivity contribution in [1.29, 1.82) is 5.41 Å². The highest BCUT2D eigenvalue weighted by molar-refractivity contribution is 5.69. The van der Waals surface area contributed by atoms with E-state index >= 15 is 0 Å². The Morgan fingerprint density at radius 3 is 2.53 bits per heavy atom. The first-order chi connectivity index (χ1) is 8.21. The number of hydrogen-bond acceptors (Lipinski definition) is 4. The van der Waals surface area contributed by atoms with Crippen LogP contribution in [0.4, 0.5) is 0 Å². The number of methoxy groups -OCH3 is 2. The SMILES string of the molecule is CNC(=N)OCCc1ccc(OC)c(OC)c1. The molecule has 94 valence electrons. The van der Waals surface area contributed by atoms with Crippen molar-refractivity contribution in [3.8, 4) is 11.5 Å². The molecule has 5 nitrogen and oxygen atoms in total. The molecule has 0 saturated heterocycles. The molecule has 1 aromatic rings. The molecule has 0 aliphatic heterocycles. The summed E-state index contributed by atoms with van der Waals surface area (Å²) in [6.07, 6.45) is 0.713. The van der Waals surface area contributed by atoms with E-state index in [4.69, 9.17) is 19.6 Å². The van der Waals surface area contributed by atoms with Crippen molar-refractivity contribution >= 4 is 6.02 Å². The van der Waals surface area contributed by atoms with Crippen LogP contribution in [0.25, 0.3) is 0 Å². The zero-order valence-electron chi connectivity index (χ0n) is 10.4. The molecule has 1 rings (SSSR count). The second-order valence-corrected chi connectivity index (χ2v) is 3.37. The lowest BCUT2D eigenvalue weighted by molar-refractivity contribution is 0.292. The van der Waals surface area contributed by atoms with Gasteiger partial charge in [0, 0.05) is 13.5 Å². The van der Waals surface area contributed by atoms with Crippen molar-refractivity contribution in [3.63, 3.8) is 0 Å². The van der Waals surface area contributed by atoms with Gasteiger partial charge in [0.25, 0.3) is 6.02 Å². The van der Waals surface area contributed by atoms with Crippen LogP contribution in [0.3, 0.4) is 0 Å². The van der Waals surface area contributed by atoms with Gasteiger partial charge in [-0.2, -0.15) is 0 Å². The van der Waals surface area contributed by atoms with Gasteiger partial charge >= 0.3 is 0 Å². The molecular weight excluding hydrogens is 220 g/mol. The molecule has 0 unspecified atom stereocenters. The Balaban J connectivity index is 2.57. The summed E-state index contributed by atoms with van der Waals surface area (Å²) in [4.78, 5) is 0. The van der Waals surface area contributed by atoms with Crippen LogP contribution >= 0.6 is 0 Å². The average molecular weight is 238 g/mol. The minimum Gasteiger partial charge on any atom is -0.493 e. The maximum Gasteiger partial charge on any atom is 0.281 e. The molecule has 1 aromatic carbocycles. The second kappa shape index (κ2) is 6.62. The summed E-state index contributed by atoms with van der Waals surface area (Å²) in [5.74, 6) is 1.41. The Kier molecular flexibility index (Phi) is 5.13. The van der Waals surface area contributed by atoms with E-state index in [1.54, 1.807) is 21.3 Å². The topological polar surface area (TPSA) is 63.6 Å². The van der Waals surface area contributed by atoms with Gasteiger partial charge in [-0.3, -0.25) is 5.41 Å². The zero-order chi connectivity index (χ0) is 12.7. The smallest absolute Gasteiger partial charge is 0.281 e. The molecule has 0 atom stereocenters. The van der Waals surface area contributed by atoms with Crippen LogP contribution in [0.2, 0.25) is 0 Å². The molecule has 0 aliphatic rings. The van der Waals surface area contributed by atoms with Gasteiger partial charge in [-0.25, -0.2) is 0 Å². The van der Waals surface area contributed by atoms with E-state index in [1.165, 1.54) is 0 Å². The normalized spacial score (nSPS) is 9.59. The van der Waals surface area contributed by atoms with E-state index in [9.17, 15) is 0 Å². The third-order valence-corrected chi connectivity index (χ3v) is 2.31. The zero-order valence-corrected chi connectivity index (χ0v) is 10.4. The summed E-state index contributed by atoms with van der Waals surface area (Å²) in [6.45, 7) is 0.454. The van der Waals surface area contributed by atoms with Crippen LogP contribution in [0.1, 0.15) is 5.56 Å². The molecule has 5 heteroatoms. The quantitative estimate of drug-likeness (QED) is 0.601. The van der Waals surface area contributed by atoms with Crippen molar-refractivity contribution in [2.45, 2.75) is 6.42 Å². The molecule has 0 heterocycles. The Labute approximate surface area is 101 Å². The van der Waals surface area contributed by atoms with E-state index in [1.807, 2.05) is 18.2 Å². The minimum atomic E-state index is 0.0745. The molecule has 0 spiro atoms. The van der Waals surface area contributed by atoms with Crippen molar-refractivity contribution in [2.75, 3.05) is 27.9 Å². The monoisotopic (exact) mass is 238 g/mol. The van der Waals surface area contributed by atoms with Gasteiger partial charge in [0.2, 0.25) is 0 Å². The molecule has 17 heavy (non-hydrogen) atoms. The lowest BCUT2D eigenvalue weighted by Gasteiger charge is -2.10. The fourth-order valence-electron chi connectivity index (χ4n) is 1.38. The van der Waals surface area contributed by atoms with Gasteiger partial charge in [0.05, 0.1) is 20.8 Å². The summed E-state index contributed by atoms with van der Waals surface area (Å²) >= 11 is 0. The van der Waals surface area contributed by atoms with Crippen LogP contribution in [-0.2, 0) is 11.2 Å². The number of nitrogens with one attached hydrogen (secondary N) is 2.